The highest BCUT2D eigenvalue weighted by Gasteiger charge is 2.37. The number of cyclic esters (lactones) is 1. The van der Waals surface area contributed by atoms with Gasteiger partial charge in [-0.15, -0.1) is 11.3 Å². The van der Waals surface area contributed by atoms with Crippen LogP contribution in [0.4, 0.5) is 26.4 Å². The van der Waals surface area contributed by atoms with E-state index >= 15 is 0 Å². The van der Waals surface area contributed by atoms with Gasteiger partial charge in [0.25, 0.3) is 11.8 Å². The molecule has 0 bridgehead atoms. The number of allylic oxidation sites excluding steroid dienone is 3. The smallest absolute Gasteiger partial charge is 0.416 e. The number of hydrogen-bond donors (Lipinski definition) is 1. The third-order valence-electron chi connectivity index (χ3n) is 7.90. The molecular formula is C36H31FN4O4S. The molecule has 0 saturated carbocycles. The van der Waals surface area contributed by atoms with Crippen LogP contribution in [-0.2, 0) is 11.2 Å². The van der Waals surface area contributed by atoms with Crippen molar-refractivity contribution in [2.24, 2.45) is 0 Å². The lowest BCUT2D eigenvalue weighted by molar-refractivity contribution is 0.0981. The highest BCUT2D eigenvalue weighted by molar-refractivity contribution is 7.17. The third-order valence-corrected chi connectivity index (χ3v) is 9.11. The summed E-state index contributed by atoms with van der Waals surface area (Å²) < 4.78 is 19.7. The monoisotopic (exact) mass is 634 g/mol. The number of ether oxygens (including phenoxy) is 1. The Morgan fingerprint density at radius 3 is 2.72 bits per heavy atom. The SMILES string of the molecule is C=C(/C=C\C=C/C)[C@@H]1COC(=O)N1c1cccc(C(=O)N2CCc3cc(C(=O)Nc4c(C)cccc4F)sc3-c3ccccc32)n1. The third kappa shape index (κ3) is 5.87. The zero-order chi connectivity index (χ0) is 32.4. The van der Waals surface area contributed by atoms with Gasteiger partial charge >= 0.3 is 6.09 Å². The molecule has 2 aromatic carbocycles. The van der Waals surface area contributed by atoms with E-state index in [0.29, 0.717) is 40.5 Å². The zero-order valence-electron chi connectivity index (χ0n) is 25.3. The Labute approximate surface area is 270 Å². The molecular weight excluding hydrogens is 603 g/mol. The van der Waals surface area contributed by atoms with Crippen molar-refractivity contribution in [1.82, 2.24) is 4.98 Å². The molecule has 10 heteroatoms. The summed E-state index contributed by atoms with van der Waals surface area (Å²) in [6, 6.07) is 18.5. The van der Waals surface area contributed by atoms with Crippen LogP contribution in [-0.4, -0.2) is 42.1 Å². The van der Waals surface area contributed by atoms with Gasteiger partial charge in [0, 0.05) is 17.0 Å². The number of aromatic nitrogens is 1. The number of hydrogen-bond acceptors (Lipinski definition) is 6. The molecule has 0 spiro atoms. The van der Waals surface area contributed by atoms with Crippen LogP contribution in [0.5, 0.6) is 0 Å². The van der Waals surface area contributed by atoms with Gasteiger partial charge in [-0.2, -0.15) is 0 Å². The van der Waals surface area contributed by atoms with Crippen LogP contribution in [0.3, 0.4) is 0 Å². The van der Waals surface area contributed by atoms with E-state index in [-0.39, 0.29) is 23.9 Å². The van der Waals surface area contributed by atoms with Crippen molar-refractivity contribution in [2.75, 3.05) is 28.3 Å². The molecule has 2 aliphatic rings. The Kier molecular flexibility index (Phi) is 8.63. The summed E-state index contributed by atoms with van der Waals surface area (Å²) in [6.45, 7) is 8.21. The second-order valence-electron chi connectivity index (χ2n) is 10.9. The van der Waals surface area contributed by atoms with Gasteiger partial charge < -0.3 is 15.0 Å². The number of nitrogens with one attached hydrogen (secondary N) is 1. The fourth-order valence-corrected chi connectivity index (χ4v) is 6.69. The minimum Gasteiger partial charge on any atom is -0.447 e. The first-order chi connectivity index (χ1) is 22.3. The van der Waals surface area contributed by atoms with Gasteiger partial charge in [-0.1, -0.05) is 67.3 Å². The number of para-hydroxylation sites is 2. The fraction of sp³-hybridized carbons (Fsp3) is 0.167. The molecule has 8 nitrogen and oxygen atoms in total. The largest absolute Gasteiger partial charge is 0.447 e. The summed E-state index contributed by atoms with van der Waals surface area (Å²) in [4.78, 5) is 49.1. The maximum absolute atomic E-state index is 14.4. The summed E-state index contributed by atoms with van der Waals surface area (Å²) in [5, 5.41) is 2.72. The van der Waals surface area contributed by atoms with Gasteiger partial charge in [-0.05, 0) is 67.3 Å². The van der Waals surface area contributed by atoms with Crippen molar-refractivity contribution in [3.05, 3.63) is 131 Å². The van der Waals surface area contributed by atoms with Crippen LogP contribution < -0.4 is 15.1 Å². The minimum absolute atomic E-state index is 0.125. The summed E-state index contributed by atoms with van der Waals surface area (Å²) in [7, 11) is 0. The van der Waals surface area contributed by atoms with Crippen molar-refractivity contribution in [3.8, 4) is 10.4 Å². The van der Waals surface area contributed by atoms with Crippen LogP contribution in [0.2, 0.25) is 0 Å². The molecule has 1 N–H and O–H groups in total. The van der Waals surface area contributed by atoms with Crippen LogP contribution in [0.15, 0.2) is 103 Å². The zero-order valence-corrected chi connectivity index (χ0v) is 26.1. The lowest BCUT2D eigenvalue weighted by Gasteiger charge is -2.24. The van der Waals surface area contributed by atoms with E-state index in [4.69, 9.17) is 4.74 Å². The number of aryl methyl sites for hydroxylation is 1. The van der Waals surface area contributed by atoms with Crippen molar-refractivity contribution in [2.45, 2.75) is 26.3 Å². The molecule has 0 radical (unpaired) electrons. The highest BCUT2D eigenvalue weighted by atomic mass is 32.1. The molecule has 1 atom stereocenters. The van der Waals surface area contributed by atoms with Crippen LogP contribution >= 0.6 is 11.3 Å². The van der Waals surface area contributed by atoms with Gasteiger partial charge in [-0.25, -0.2) is 14.2 Å². The Bertz CT molecular complexity index is 1910. The Balaban J connectivity index is 1.28. The predicted molar refractivity (Wildman–Crippen MR) is 179 cm³/mol. The number of halogens is 1. The Morgan fingerprint density at radius 2 is 1.91 bits per heavy atom. The number of nitrogens with zero attached hydrogens (tertiary/aromatic N) is 3. The van der Waals surface area contributed by atoms with E-state index in [1.54, 1.807) is 42.2 Å². The van der Waals surface area contributed by atoms with Crippen molar-refractivity contribution < 1.29 is 23.5 Å². The summed E-state index contributed by atoms with van der Waals surface area (Å²) >= 11 is 1.31. The van der Waals surface area contributed by atoms with Gasteiger partial charge in [0.15, 0.2) is 0 Å². The number of carbonyl (C=O) groups excluding carboxylic acids is 3. The number of benzene rings is 2. The average molecular weight is 635 g/mol. The first-order valence-electron chi connectivity index (χ1n) is 14.8. The van der Waals surface area contributed by atoms with E-state index in [0.717, 1.165) is 16.0 Å². The molecule has 1 saturated heterocycles. The topological polar surface area (TPSA) is 91.8 Å². The molecule has 4 aromatic rings. The predicted octanol–water partition coefficient (Wildman–Crippen LogP) is 7.73. The second kappa shape index (κ2) is 12.9. The number of anilines is 3. The normalized spacial score (nSPS) is 15.9. The van der Waals surface area contributed by atoms with Crippen LogP contribution in [0.25, 0.3) is 10.4 Å². The summed E-state index contributed by atoms with van der Waals surface area (Å²) in [6.07, 6.45) is 7.34. The van der Waals surface area contributed by atoms with Gasteiger partial charge in [0.05, 0.1) is 16.3 Å². The first-order valence-corrected chi connectivity index (χ1v) is 15.6. The van der Waals surface area contributed by atoms with E-state index in [9.17, 15) is 18.8 Å². The lowest BCUT2D eigenvalue weighted by Crippen LogP contribution is -2.36. The molecule has 1 fully saturated rings. The minimum atomic E-state index is -0.558. The molecule has 6 rings (SSSR count). The molecule has 0 aliphatic carbocycles. The summed E-state index contributed by atoms with van der Waals surface area (Å²) in [5.41, 5.74) is 4.03. The highest BCUT2D eigenvalue weighted by Crippen LogP contribution is 2.42. The maximum atomic E-state index is 14.4. The number of carbonyl (C=O) groups is 3. The fourth-order valence-electron chi connectivity index (χ4n) is 5.55. The Morgan fingerprint density at radius 1 is 1.11 bits per heavy atom. The standard InChI is InChI=1S/C36H31FN4O4S/c1-4-5-6-11-22(2)29-21-45-36(44)41(29)31-17-10-15-27(38-31)35(43)40-19-18-24-20-30(46-33(24)25-13-7-8-16-28(25)40)34(42)39-32-23(3)12-9-14-26(32)37/h4-17,20,29H,2,18-19,21H2,1,3H3,(H,39,42)/b5-4-,11-6-/t29-/m0/s1. The van der Waals surface area contributed by atoms with Crippen molar-refractivity contribution in [3.63, 3.8) is 0 Å². The van der Waals surface area contributed by atoms with Gasteiger partial charge in [-0.3, -0.25) is 14.5 Å². The van der Waals surface area contributed by atoms with E-state index < -0.39 is 23.9 Å². The molecule has 232 valence electrons. The number of fused-ring (bicyclic) bond motifs is 3. The lowest BCUT2D eigenvalue weighted by atomic mass is 10.1. The van der Waals surface area contributed by atoms with Gasteiger partial charge in [0.1, 0.15) is 30.0 Å². The first kappa shape index (κ1) is 30.7. The molecule has 2 aromatic heterocycles. The van der Waals surface area contributed by atoms with E-state index in [1.165, 1.54) is 22.3 Å². The number of rotatable bonds is 7. The Hall–Kier alpha value is -5.35. The molecule has 2 aliphatic heterocycles. The average Bonchev–Trinajstić information content (AvgIpc) is 3.63. The van der Waals surface area contributed by atoms with E-state index in [1.807, 2.05) is 61.6 Å². The molecule has 0 unspecified atom stereocenters. The summed E-state index contributed by atoms with van der Waals surface area (Å²) in [5.74, 6) is -0.918. The van der Waals surface area contributed by atoms with Crippen molar-refractivity contribution in [1.29, 1.82) is 0 Å². The second-order valence-corrected chi connectivity index (χ2v) is 11.9. The number of pyridine rings is 1. The molecule has 3 amide bonds. The molecule has 46 heavy (non-hydrogen) atoms. The van der Waals surface area contributed by atoms with E-state index in [2.05, 4.69) is 16.9 Å². The van der Waals surface area contributed by atoms with Crippen LogP contribution in [0, 0.1) is 12.7 Å². The maximum Gasteiger partial charge on any atom is 0.416 e. The van der Waals surface area contributed by atoms with Crippen molar-refractivity contribution >= 4 is 46.4 Å². The quantitative estimate of drug-likeness (QED) is 0.210. The van der Waals surface area contributed by atoms with Gasteiger partial charge in [0.2, 0.25) is 0 Å². The van der Waals surface area contributed by atoms with Crippen LogP contribution in [0.1, 0.15) is 38.2 Å². The number of amides is 3. The molecule has 4 heterocycles. The number of thiophene rings is 1.